The molecule has 0 aliphatic rings. The van der Waals surface area contributed by atoms with Crippen molar-refractivity contribution in [2.75, 3.05) is 11.9 Å². The molecule has 1 aromatic rings. The lowest BCUT2D eigenvalue weighted by Gasteiger charge is -2.08. The summed E-state index contributed by atoms with van der Waals surface area (Å²) in [5, 5.41) is 3.31. The molecule has 2 heteroatoms. The average Bonchev–Trinajstić information content (AvgIpc) is 2.25. The smallest absolute Gasteiger partial charge is 0.129 e. The molecule has 0 aliphatic heterocycles. The summed E-state index contributed by atoms with van der Waals surface area (Å²) in [4.78, 5) is 10.7. The summed E-state index contributed by atoms with van der Waals surface area (Å²) in [6.07, 6.45) is 1.57. The van der Waals surface area contributed by atoms with Crippen molar-refractivity contribution in [2.24, 2.45) is 0 Å². The fraction of sp³-hybridized carbons (Fsp3) is 0.500. The van der Waals surface area contributed by atoms with Gasteiger partial charge in [0.15, 0.2) is 0 Å². The number of hydrogen-bond donors (Lipinski definition) is 1. The van der Waals surface area contributed by atoms with E-state index in [4.69, 9.17) is 0 Å². The number of rotatable bonds is 6. The third-order valence-electron chi connectivity index (χ3n) is 2.61. The topological polar surface area (TPSA) is 29.1 Å². The van der Waals surface area contributed by atoms with Crippen LogP contribution in [0.3, 0.4) is 0 Å². The summed E-state index contributed by atoms with van der Waals surface area (Å²) in [6, 6.07) is 8.50. The van der Waals surface area contributed by atoms with Crippen LogP contribution in [0.4, 0.5) is 5.69 Å². The molecule has 0 spiro atoms. The van der Waals surface area contributed by atoms with Gasteiger partial charge in [-0.2, -0.15) is 0 Å². The normalized spacial score (nSPS) is 10.5. The molecule has 0 heterocycles. The molecule has 0 aliphatic carbocycles. The Balaban J connectivity index is 2.35. The highest BCUT2D eigenvalue weighted by molar-refractivity contribution is 5.75. The Hall–Kier alpha value is -1.31. The second-order valence-electron chi connectivity index (χ2n) is 4.51. The van der Waals surface area contributed by atoms with Gasteiger partial charge in [0, 0.05) is 18.7 Å². The van der Waals surface area contributed by atoms with Crippen molar-refractivity contribution in [3.8, 4) is 0 Å². The predicted molar refractivity (Wildman–Crippen MR) is 68.9 cm³/mol. The largest absolute Gasteiger partial charge is 0.385 e. The van der Waals surface area contributed by atoms with E-state index >= 15 is 0 Å². The number of Topliss-reactive ketones (excluding diaryl/α,β-unsaturated/α-hetero) is 1. The van der Waals surface area contributed by atoms with Crippen molar-refractivity contribution in [3.63, 3.8) is 0 Å². The maximum absolute atomic E-state index is 10.7. The minimum atomic E-state index is 0.261. The standard InChI is InChI=1S/C14H21NO/c1-11(2)13-6-8-14(9-7-13)15-10-4-5-12(3)16/h6-9,11,15H,4-5,10H2,1-3H3. The lowest BCUT2D eigenvalue weighted by atomic mass is 10.0. The molecular weight excluding hydrogens is 198 g/mol. The highest BCUT2D eigenvalue weighted by atomic mass is 16.1. The molecule has 2 nitrogen and oxygen atoms in total. The molecule has 0 unspecified atom stereocenters. The fourth-order valence-electron chi connectivity index (χ4n) is 1.56. The van der Waals surface area contributed by atoms with E-state index in [9.17, 15) is 4.79 Å². The van der Waals surface area contributed by atoms with Crippen molar-refractivity contribution in [2.45, 2.75) is 39.5 Å². The van der Waals surface area contributed by atoms with Crippen LogP contribution >= 0.6 is 0 Å². The second-order valence-corrected chi connectivity index (χ2v) is 4.51. The first kappa shape index (κ1) is 12.8. The van der Waals surface area contributed by atoms with Gasteiger partial charge >= 0.3 is 0 Å². The number of ketones is 1. The maximum atomic E-state index is 10.7. The Bertz CT molecular complexity index is 327. The van der Waals surface area contributed by atoms with Gasteiger partial charge in [0.05, 0.1) is 0 Å². The van der Waals surface area contributed by atoms with Gasteiger partial charge in [-0.05, 0) is 37.0 Å². The van der Waals surface area contributed by atoms with Gasteiger partial charge in [0.2, 0.25) is 0 Å². The Morgan fingerprint density at radius 3 is 2.38 bits per heavy atom. The predicted octanol–water partition coefficient (Wildman–Crippen LogP) is 3.59. The highest BCUT2D eigenvalue weighted by Crippen LogP contribution is 2.16. The van der Waals surface area contributed by atoms with Gasteiger partial charge in [-0.1, -0.05) is 26.0 Å². The van der Waals surface area contributed by atoms with Crippen LogP contribution in [0, 0.1) is 0 Å². The zero-order valence-electron chi connectivity index (χ0n) is 10.4. The number of nitrogens with one attached hydrogen (secondary N) is 1. The number of anilines is 1. The highest BCUT2D eigenvalue weighted by Gasteiger charge is 1.98. The van der Waals surface area contributed by atoms with Gasteiger partial charge in [-0.15, -0.1) is 0 Å². The summed E-state index contributed by atoms with van der Waals surface area (Å²) in [7, 11) is 0. The lowest BCUT2D eigenvalue weighted by Crippen LogP contribution is -2.03. The van der Waals surface area contributed by atoms with E-state index in [1.807, 2.05) is 0 Å². The van der Waals surface area contributed by atoms with Crippen LogP contribution in [-0.2, 0) is 4.79 Å². The van der Waals surface area contributed by atoms with Crippen LogP contribution in [0.2, 0.25) is 0 Å². The second kappa shape index (κ2) is 6.31. The van der Waals surface area contributed by atoms with Gasteiger partial charge in [0.25, 0.3) is 0 Å². The lowest BCUT2D eigenvalue weighted by molar-refractivity contribution is -0.117. The van der Waals surface area contributed by atoms with Crippen molar-refractivity contribution in [1.29, 1.82) is 0 Å². The van der Waals surface area contributed by atoms with Crippen LogP contribution in [0.1, 0.15) is 45.1 Å². The van der Waals surface area contributed by atoms with E-state index in [1.54, 1.807) is 6.92 Å². The Labute approximate surface area is 98.1 Å². The molecular formula is C14H21NO. The maximum Gasteiger partial charge on any atom is 0.129 e. The summed E-state index contributed by atoms with van der Waals surface area (Å²) in [6.45, 7) is 6.88. The van der Waals surface area contributed by atoms with Gasteiger partial charge in [-0.25, -0.2) is 0 Å². The van der Waals surface area contributed by atoms with Crippen molar-refractivity contribution >= 4 is 11.5 Å². The first-order valence-corrected chi connectivity index (χ1v) is 5.93. The van der Waals surface area contributed by atoms with Gasteiger partial charge < -0.3 is 10.1 Å². The first-order valence-electron chi connectivity index (χ1n) is 5.93. The Morgan fingerprint density at radius 2 is 1.88 bits per heavy atom. The zero-order chi connectivity index (χ0) is 12.0. The number of hydrogen-bond acceptors (Lipinski definition) is 2. The number of carbonyl (C=O) groups is 1. The molecule has 1 aromatic carbocycles. The van der Waals surface area contributed by atoms with Crippen LogP contribution in [0.5, 0.6) is 0 Å². The summed E-state index contributed by atoms with van der Waals surface area (Å²) < 4.78 is 0. The molecule has 0 bridgehead atoms. The average molecular weight is 219 g/mol. The molecule has 0 saturated heterocycles. The first-order chi connectivity index (χ1) is 7.59. The van der Waals surface area contributed by atoms with Crippen LogP contribution in [-0.4, -0.2) is 12.3 Å². The molecule has 16 heavy (non-hydrogen) atoms. The van der Waals surface area contributed by atoms with Gasteiger partial charge in [0.1, 0.15) is 5.78 Å². The molecule has 1 N–H and O–H groups in total. The third-order valence-corrected chi connectivity index (χ3v) is 2.61. The number of carbonyl (C=O) groups excluding carboxylic acids is 1. The quantitative estimate of drug-likeness (QED) is 0.741. The molecule has 1 rings (SSSR count). The van der Waals surface area contributed by atoms with E-state index in [2.05, 4.69) is 43.4 Å². The minimum absolute atomic E-state index is 0.261. The van der Waals surface area contributed by atoms with E-state index in [-0.39, 0.29) is 5.78 Å². The van der Waals surface area contributed by atoms with Gasteiger partial charge in [-0.3, -0.25) is 0 Å². The van der Waals surface area contributed by atoms with Crippen molar-refractivity contribution < 1.29 is 4.79 Å². The summed E-state index contributed by atoms with van der Waals surface area (Å²) >= 11 is 0. The molecule has 0 atom stereocenters. The van der Waals surface area contributed by atoms with E-state index in [1.165, 1.54) is 5.56 Å². The number of benzene rings is 1. The minimum Gasteiger partial charge on any atom is -0.385 e. The zero-order valence-corrected chi connectivity index (χ0v) is 10.4. The molecule has 88 valence electrons. The Kier molecular flexibility index (Phi) is 5.03. The Morgan fingerprint density at radius 1 is 1.25 bits per heavy atom. The fourth-order valence-corrected chi connectivity index (χ4v) is 1.56. The molecule has 0 fully saturated rings. The molecule has 0 amide bonds. The summed E-state index contributed by atoms with van der Waals surface area (Å²) in [5.74, 6) is 0.837. The van der Waals surface area contributed by atoms with Crippen LogP contribution < -0.4 is 5.32 Å². The van der Waals surface area contributed by atoms with E-state index in [0.717, 1.165) is 18.7 Å². The molecule has 0 saturated carbocycles. The van der Waals surface area contributed by atoms with Crippen LogP contribution in [0.25, 0.3) is 0 Å². The molecule has 0 aromatic heterocycles. The third kappa shape index (κ3) is 4.47. The van der Waals surface area contributed by atoms with E-state index in [0.29, 0.717) is 12.3 Å². The van der Waals surface area contributed by atoms with E-state index < -0.39 is 0 Å². The van der Waals surface area contributed by atoms with Crippen molar-refractivity contribution in [1.82, 2.24) is 0 Å². The van der Waals surface area contributed by atoms with Crippen molar-refractivity contribution in [3.05, 3.63) is 29.8 Å². The monoisotopic (exact) mass is 219 g/mol. The van der Waals surface area contributed by atoms with Crippen LogP contribution in [0.15, 0.2) is 24.3 Å². The SMILES string of the molecule is CC(=O)CCCNc1ccc(C(C)C)cc1. The summed E-state index contributed by atoms with van der Waals surface area (Å²) in [5.41, 5.74) is 2.49. The molecule has 0 radical (unpaired) electrons.